The second-order valence-electron chi connectivity index (χ2n) is 5.41. The predicted molar refractivity (Wildman–Crippen MR) is 97.7 cm³/mol. The third-order valence-corrected chi connectivity index (χ3v) is 4.81. The summed E-state index contributed by atoms with van der Waals surface area (Å²) in [5.74, 6) is -0.711. The van der Waals surface area contributed by atoms with Crippen molar-refractivity contribution in [2.24, 2.45) is 12.8 Å². The Hall–Kier alpha value is -2.64. The predicted octanol–water partition coefficient (Wildman–Crippen LogP) is 2.83. The van der Waals surface area contributed by atoms with Crippen LogP contribution in [0.4, 0.5) is 0 Å². The number of amides is 2. The molecule has 0 saturated heterocycles. The molecule has 0 aliphatic rings. The summed E-state index contributed by atoms with van der Waals surface area (Å²) in [5.41, 5.74) is 7.58. The molecule has 128 valence electrons. The molecule has 2 heterocycles. The van der Waals surface area contributed by atoms with Crippen LogP contribution >= 0.6 is 22.9 Å². The first-order valence-electron chi connectivity index (χ1n) is 7.40. The zero-order valence-electron chi connectivity index (χ0n) is 13.3. The number of nitrogens with zero attached hydrogens (tertiary/aromatic N) is 2. The highest BCUT2D eigenvalue weighted by Crippen LogP contribution is 2.32. The minimum atomic E-state index is -0.481. The van der Waals surface area contributed by atoms with Gasteiger partial charge in [0.1, 0.15) is 5.69 Å². The van der Waals surface area contributed by atoms with Gasteiger partial charge in [0.15, 0.2) is 0 Å². The fourth-order valence-electron chi connectivity index (χ4n) is 2.34. The lowest BCUT2D eigenvalue weighted by Gasteiger charge is -2.05. The lowest BCUT2D eigenvalue weighted by atomic mass is 10.1. The van der Waals surface area contributed by atoms with Gasteiger partial charge in [-0.25, -0.2) is 0 Å². The molecule has 0 saturated carbocycles. The lowest BCUT2D eigenvalue weighted by Crippen LogP contribution is -2.23. The fraction of sp³-hybridized carbons (Fsp3) is 0.118. The molecule has 6 nitrogen and oxygen atoms in total. The Morgan fingerprint density at radius 2 is 1.96 bits per heavy atom. The van der Waals surface area contributed by atoms with Gasteiger partial charge in [-0.05, 0) is 29.8 Å². The molecule has 25 heavy (non-hydrogen) atoms. The van der Waals surface area contributed by atoms with E-state index in [-0.39, 0.29) is 5.91 Å². The molecule has 3 N–H and O–H groups in total. The summed E-state index contributed by atoms with van der Waals surface area (Å²) in [6.45, 7) is 0.331. The highest BCUT2D eigenvalue weighted by atomic mass is 35.5. The van der Waals surface area contributed by atoms with Gasteiger partial charge < -0.3 is 11.1 Å². The molecule has 0 atom stereocenters. The van der Waals surface area contributed by atoms with Crippen molar-refractivity contribution in [3.8, 4) is 10.6 Å². The van der Waals surface area contributed by atoms with Gasteiger partial charge in [-0.2, -0.15) is 5.10 Å². The summed E-state index contributed by atoms with van der Waals surface area (Å²) < 4.78 is 2.24. The third kappa shape index (κ3) is 3.89. The van der Waals surface area contributed by atoms with Gasteiger partial charge in [-0.1, -0.05) is 23.7 Å². The molecule has 0 fully saturated rings. The van der Waals surface area contributed by atoms with Gasteiger partial charge in [-0.3, -0.25) is 14.3 Å². The van der Waals surface area contributed by atoms with Crippen molar-refractivity contribution in [2.75, 3.05) is 0 Å². The van der Waals surface area contributed by atoms with E-state index in [4.69, 9.17) is 17.3 Å². The van der Waals surface area contributed by atoms with E-state index < -0.39 is 5.91 Å². The number of primary amides is 1. The number of hydrogen-bond acceptors (Lipinski definition) is 4. The molecule has 3 rings (SSSR count). The van der Waals surface area contributed by atoms with Crippen LogP contribution in [0.5, 0.6) is 0 Å². The van der Waals surface area contributed by atoms with Crippen LogP contribution in [-0.4, -0.2) is 21.6 Å². The second-order valence-corrected chi connectivity index (χ2v) is 7.13. The van der Waals surface area contributed by atoms with Crippen LogP contribution in [0.15, 0.2) is 42.6 Å². The molecular formula is C17H15ClN4O2S. The number of thiophene rings is 1. The smallest absolute Gasteiger partial charge is 0.255 e. The molecule has 0 unspecified atom stereocenters. The topological polar surface area (TPSA) is 90.0 Å². The highest BCUT2D eigenvalue weighted by molar-refractivity contribution is 7.19. The van der Waals surface area contributed by atoms with E-state index in [1.165, 1.54) is 11.3 Å². The van der Waals surface area contributed by atoms with Crippen LogP contribution in [-0.2, 0) is 13.6 Å². The average molecular weight is 375 g/mol. The van der Waals surface area contributed by atoms with Gasteiger partial charge >= 0.3 is 0 Å². The van der Waals surface area contributed by atoms with Crippen molar-refractivity contribution < 1.29 is 9.59 Å². The standard InChI is InChI=1S/C17H15ClN4O2S/c1-22-9-12(15(21-22)13-6-7-14(18)25-13)17(24)20-8-10-2-4-11(5-3-10)16(19)23/h2-7,9H,8H2,1H3,(H2,19,23)(H,20,24). The quantitative estimate of drug-likeness (QED) is 0.719. The first kappa shape index (κ1) is 17.2. The molecule has 0 spiro atoms. The summed E-state index contributed by atoms with van der Waals surface area (Å²) in [7, 11) is 1.76. The van der Waals surface area contributed by atoms with E-state index in [9.17, 15) is 9.59 Å². The molecular weight excluding hydrogens is 360 g/mol. The van der Waals surface area contributed by atoms with Gasteiger partial charge in [0.2, 0.25) is 5.91 Å². The Kier molecular flexibility index (Phi) is 4.87. The number of aromatic nitrogens is 2. The number of aryl methyl sites for hydroxylation is 1. The summed E-state index contributed by atoms with van der Waals surface area (Å²) in [6.07, 6.45) is 1.68. The molecule has 0 aliphatic heterocycles. The van der Waals surface area contributed by atoms with Gasteiger partial charge in [0.05, 0.1) is 14.8 Å². The molecule has 0 bridgehead atoms. The number of benzene rings is 1. The van der Waals surface area contributed by atoms with Crippen LogP contribution < -0.4 is 11.1 Å². The molecule has 2 amide bonds. The largest absolute Gasteiger partial charge is 0.366 e. The Morgan fingerprint density at radius 1 is 1.24 bits per heavy atom. The Labute approximate surface area is 153 Å². The number of carbonyl (C=O) groups is 2. The number of rotatable bonds is 5. The normalized spacial score (nSPS) is 10.6. The van der Waals surface area contributed by atoms with Crippen LogP contribution in [0, 0.1) is 0 Å². The second kappa shape index (κ2) is 7.08. The van der Waals surface area contributed by atoms with Crippen molar-refractivity contribution >= 4 is 34.8 Å². The Balaban J connectivity index is 1.74. The summed E-state index contributed by atoms with van der Waals surface area (Å²) in [4.78, 5) is 24.4. The molecule has 1 aromatic carbocycles. The number of halogens is 1. The number of nitrogens with one attached hydrogen (secondary N) is 1. The highest BCUT2D eigenvalue weighted by Gasteiger charge is 2.18. The van der Waals surface area contributed by atoms with Crippen LogP contribution in [0.25, 0.3) is 10.6 Å². The zero-order valence-corrected chi connectivity index (χ0v) is 14.9. The van der Waals surface area contributed by atoms with Crippen molar-refractivity contribution in [1.82, 2.24) is 15.1 Å². The van der Waals surface area contributed by atoms with E-state index in [1.807, 2.05) is 6.07 Å². The Morgan fingerprint density at radius 3 is 2.56 bits per heavy atom. The van der Waals surface area contributed by atoms with Crippen LogP contribution in [0.1, 0.15) is 26.3 Å². The first-order chi connectivity index (χ1) is 11.9. The average Bonchev–Trinajstić information content (AvgIpc) is 3.18. The van der Waals surface area contributed by atoms with Gasteiger partial charge in [0.25, 0.3) is 5.91 Å². The molecule has 8 heteroatoms. The SMILES string of the molecule is Cn1cc(C(=O)NCc2ccc(C(N)=O)cc2)c(-c2ccc(Cl)s2)n1. The lowest BCUT2D eigenvalue weighted by molar-refractivity contribution is 0.0949. The molecule has 3 aromatic rings. The van der Waals surface area contributed by atoms with Gasteiger partial charge in [-0.15, -0.1) is 11.3 Å². The van der Waals surface area contributed by atoms with Crippen LogP contribution in [0.2, 0.25) is 4.34 Å². The van der Waals surface area contributed by atoms with E-state index in [0.29, 0.717) is 27.7 Å². The number of carbonyl (C=O) groups excluding carboxylic acids is 2. The van der Waals surface area contributed by atoms with Gasteiger partial charge in [0, 0.05) is 25.4 Å². The first-order valence-corrected chi connectivity index (χ1v) is 8.60. The number of hydrogen-bond donors (Lipinski definition) is 2. The summed E-state index contributed by atoms with van der Waals surface area (Å²) in [5, 5.41) is 7.21. The summed E-state index contributed by atoms with van der Waals surface area (Å²) >= 11 is 7.35. The van der Waals surface area contributed by atoms with E-state index in [0.717, 1.165) is 10.4 Å². The van der Waals surface area contributed by atoms with Crippen molar-refractivity contribution in [3.63, 3.8) is 0 Å². The maximum absolute atomic E-state index is 12.5. The van der Waals surface area contributed by atoms with Crippen LogP contribution in [0.3, 0.4) is 0 Å². The Bertz CT molecular complexity index is 931. The van der Waals surface area contributed by atoms with E-state index in [1.54, 1.807) is 48.3 Å². The van der Waals surface area contributed by atoms with Crippen molar-refractivity contribution in [2.45, 2.75) is 6.54 Å². The molecule has 0 aliphatic carbocycles. The maximum Gasteiger partial charge on any atom is 0.255 e. The van der Waals surface area contributed by atoms with Crippen molar-refractivity contribution in [1.29, 1.82) is 0 Å². The third-order valence-electron chi connectivity index (χ3n) is 3.57. The zero-order chi connectivity index (χ0) is 18.0. The number of nitrogens with two attached hydrogens (primary N) is 1. The maximum atomic E-state index is 12.5. The van der Waals surface area contributed by atoms with Crippen molar-refractivity contribution in [3.05, 3.63) is 63.6 Å². The minimum Gasteiger partial charge on any atom is -0.366 e. The monoisotopic (exact) mass is 374 g/mol. The fourth-order valence-corrected chi connectivity index (χ4v) is 3.38. The minimum absolute atomic E-state index is 0.230. The molecule has 0 radical (unpaired) electrons. The van der Waals surface area contributed by atoms with E-state index >= 15 is 0 Å². The summed E-state index contributed by atoms with van der Waals surface area (Å²) in [6, 6.07) is 10.4. The van der Waals surface area contributed by atoms with E-state index in [2.05, 4.69) is 10.4 Å². The molecule has 2 aromatic heterocycles.